The number of halogens is 1. The third-order valence-corrected chi connectivity index (χ3v) is 7.32. The van der Waals surface area contributed by atoms with Crippen molar-refractivity contribution < 1.29 is 4.57 Å². The van der Waals surface area contributed by atoms with Gasteiger partial charge in [-0.15, -0.1) is 0 Å². The fourth-order valence-electron chi connectivity index (χ4n) is 4.32. The Morgan fingerprint density at radius 1 is 0.600 bits per heavy atom. The van der Waals surface area contributed by atoms with Crippen LogP contribution >= 0.6 is 15.9 Å². The van der Waals surface area contributed by atoms with E-state index < -0.39 is 0 Å². The maximum Gasteiger partial charge on any atom is 0.325 e. The maximum absolute atomic E-state index is 3.83. The summed E-state index contributed by atoms with van der Waals surface area (Å²) in [5, 5.41) is 0. The van der Waals surface area contributed by atoms with Crippen molar-refractivity contribution in [2.45, 2.75) is 155 Å². The second-order valence-corrected chi connectivity index (χ2v) is 10.0. The zero-order valence-corrected chi connectivity index (χ0v) is 22.1. The highest BCUT2D eigenvalue weighted by molar-refractivity contribution is 9.10. The summed E-state index contributed by atoms with van der Waals surface area (Å²) in [4.78, 5) is 0. The predicted octanol–water partition coefficient (Wildman–Crippen LogP) is 9.38. The van der Waals surface area contributed by atoms with Crippen molar-refractivity contribution in [1.29, 1.82) is 0 Å². The molecule has 0 saturated heterocycles. The van der Waals surface area contributed by atoms with Crippen LogP contribution in [0.5, 0.6) is 0 Å². The van der Waals surface area contributed by atoms with Gasteiger partial charge in [0.25, 0.3) is 0 Å². The first-order chi connectivity index (χ1) is 14.8. The largest absolute Gasteiger partial charge is 0.325 e. The van der Waals surface area contributed by atoms with Gasteiger partial charge in [0.05, 0.1) is 13.1 Å². The Kier molecular flexibility index (Phi) is 19.0. The van der Waals surface area contributed by atoms with Crippen molar-refractivity contribution in [1.82, 2.24) is 4.57 Å². The summed E-state index contributed by atoms with van der Waals surface area (Å²) in [7, 11) is 0. The van der Waals surface area contributed by atoms with Crippen LogP contribution in [-0.2, 0) is 13.1 Å². The van der Waals surface area contributed by atoms with E-state index in [2.05, 4.69) is 51.3 Å². The van der Waals surface area contributed by atoms with E-state index in [4.69, 9.17) is 0 Å². The molecule has 0 aliphatic heterocycles. The average Bonchev–Trinajstić information content (AvgIpc) is 3.10. The Morgan fingerprint density at radius 3 is 1.47 bits per heavy atom. The van der Waals surface area contributed by atoms with Gasteiger partial charge in [-0.2, -0.15) is 0 Å². The molecule has 2 nitrogen and oxygen atoms in total. The molecule has 1 rings (SSSR count). The second-order valence-electron chi connectivity index (χ2n) is 9.32. The van der Waals surface area contributed by atoms with Gasteiger partial charge in [-0.05, 0) is 25.7 Å². The van der Waals surface area contributed by atoms with Gasteiger partial charge in [-0.25, -0.2) is 9.13 Å². The highest BCUT2D eigenvalue weighted by atomic mass is 79.9. The van der Waals surface area contributed by atoms with Gasteiger partial charge < -0.3 is 0 Å². The molecule has 0 saturated carbocycles. The first-order valence-corrected chi connectivity index (χ1v) is 14.3. The van der Waals surface area contributed by atoms with E-state index in [0.717, 1.165) is 13.1 Å². The lowest BCUT2D eigenvalue weighted by Crippen LogP contribution is -2.33. The molecule has 0 aliphatic carbocycles. The highest BCUT2D eigenvalue weighted by Crippen LogP contribution is 2.13. The van der Waals surface area contributed by atoms with Crippen molar-refractivity contribution in [3.8, 4) is 0 Å². The number of nitrogens with zero attached hydrogens (tertiary/aromatic N) is 2. The van der Waals surface area contributed by atoms with E-state index in [1.807, 2.05) is 0 Å². The Balaban J connectivity index is 1.98. The number of aromatic nitrogens is 2. The van der Waals surface area contributed by atoms with Crippen LogP contribution in [0, 0.1) is 0 Å². The number of imidazole rings is 1. The minimum atomic E-state index is 1.15. The normalized spacial score (nSPS) is 11.4. The van der Waals surface area contributed by atoms with Gasteiger partial charge in [0.2, 0.25) is 0 Å². The molecule has 30 heavy (non-hydrogen) atoms. The summed E-state index contributed by atoms with van der Waals surface area (Å²) in [6.45, 7) is 6.90. The van der Waals surface area contributed by atoms with E-state index in [0.29, 0.717) is 0 Å². The van der Waals surface area contributed by atoms with Gasteiger partial charge in [0.1, 0.15) is 12.4 Å². The zero-order valence-electron chi connectivity index (χ0n) is 20.5. The molecule has 0 radical (unpaired) electrons. The number of aryl methyl sites for hydroxylation is 2. The summed E-state index contributed by atoms with van der Waals surface area (Å²) in [5.74, 6) is 0. The molecule has 176 valence electrons. The SMILES string of the molecule is CCCCCCCCCCCCn1cc[n+](CCCCCCCCCCCC)c1Br. The molecule has 1 aromatic heterocycles. The minimum absolute atomic E-state index is 1.15. The van der Waals surface area contributed by atoms with Gasteiger partial charge in [0, 0.05) is 15.9 Å². The van der Waals surface area contributed by atoms with Crippen LogP contribution < -0.4 is 4.57 Å². The van der Waals surface area contributed by atoms with Crippen LogP contribution in [0.25, 0.3) is 0 Å². The van der Waals surface area contributed by atoms with Gasteiger partial charge in [-0.3, -0.25) is 0 Å². The quantitative estimate of drug-likeness (QED) is 0.114. The molecule has 0 atom stereocenters. The standard InChI is InChI=1S/C27H52BrN2/c1-3-5-7-9-11-13-15-17-19-21-23-29-25-26-30(27(29)28)24-22-20-18-16-14-12-10-8-6-4-2/h25-26H,3-24H2,1-2H3/q+1. The van der Waals surface area contributed by atoms with Gasteiger partial charge in [0.15, 0.2) is 0 Å². The first-order valence-electron chi connectivity index (χ1n) is 13.5. The van der Waals surface area contributed by atoms with Gasteiger partial charge >= 0.3 is 4.73 Å². The van der Waals surface area contributed by atoms with Crippen molar-refractivity contribution in [2.75, 3.05) is 0 Å². The van der Waals surface area contributed by atoms with Crippen molar-refractivity contribution in [3.63, 3.8) is 0 Å². The van der Waals surface area contributed by atoms with Crippen LogP contribution in [0.2, 0.25) is 0 Å². The van der Waals surface area contributed by atoms with Gasteiger partial charge in [-0.1, -0.05) is 117 Å². The maximum atomic E-state index is 3.83. The lowest BCUT2D eigenvalue weighted by molar-refractivity contribution is -0.707. The number of rotatable bonds is 22. The van der Waals surface area contributed by atoms with Crippen LogP contribution in [0.15, 0.2) is 17.1 Å². The highest BCUT2D eigenvalue weighted by Gasteiger charge is 2.13. The smallest absolute Gasteiger partial charge is 0.224 e. The topological polar surface area (TPSA) is 8.81 Å². The molecule has 0 fully saturated rings. The summed E-state index contributed by atoms with van der Waals surface area (Å²) < 4.78 is 6.04. The lowest BCUT2D eigenvalue weighted by Gasteiger charge is -2.03. The number of hydrogen-bond donors (Lipinski definition) is 0. The molecule has 0 aliphatic rings. The number of unbranched alkanes of at least 4 members (excludes halogenated alkanes) is 18. The summed E-state index contributed by atoms with van der Waals surface area (Å²) in [6, 6.07) is 0. The van der Waals surface area contributed by atoms with E-state index in [1.54, 1.807) is 0 Å². The zero-order chi connectivity index (χ0) is 21.7. The number of hydrogen-bond acceptors (Lipinski definition) is 0. The molecular weight excluding hydrogens is 432 g/mol. The molecule has 0 bridgehead atoms. The molecular formula is C27H52BrN2+. The lowest BCUT2D eigenvalue weighted by atomic mass is 10.1. The predicted molar refractivity (Wildman–Crippen MR) is 136 cm³/mol. The van der Waals surface area contributed by atoms with Crippen LogP contribution in [0.3, 0.4) is 0 Å². The molecule has 0 unspecified atom stereocenters. The van der Waals surface area contributed by atoms with E-state index >= 15 is 0 Å². The van der Waals surface area contributed by atoms with Crippen molar-refractivity contribution in [3.05, 3.63) is 17.1 Å². The fourth-order valence-corrected chi connectivity index (χ4v) is 4.91. The first kappa shape index (κ1) is 27.7. The third-order valence-electron chi connectivity index (χ3n) is 6.41. The van der Waals surface area contributed by atoms with E-state index in [9.17, 15) is 0 Å². The van der Waals surface area contributed by atoms with Crippen molar-refractivity contribution in [2.24, 2.45) is 0 Å². The van der Waals surface area contributed by atoms with Crippen LogP contribution in [0.4, 0.5) is 0 Å². The Hall–Kier alpha value is -0.310. The van der Waals surface area contributed by atoms with E-state index in [1.165, 1.54) is 133 Å². The Morgan fingerprint density at radius 2 is 1.00 bits per heavy atom. The van der Waals surface area contributed by atoms with Crippen molar-refractivity contribution >= 4 is 15.9 Å². The Labute approximate surface area is 197 Å². The van der Waals surface area contributed by atoms with E-state index in [-0.39, 0.29) is 0 Å². The second kappa shape index (κ2) is 20.6. The summed E-state index contributed by atoms with van der Waals surface area (Å²) in [6.07, 6.45) is 32.7. The monoisotopic (exact) mass is 483 g/mol. The molecule has 3 heteroatoms. The molecule has 1 aromatic rings. The third kappa shape index (κ3) is 14.7. The van der Waals surface area contributed by atoms with Crippen LogP contribution in [-0.4, -0.2) is 4.57 Å². The summed E-state index contributed by atoms with van der Waals surface area (Å²) in [5.41, 5.74) is 0. The minimum Gasteiger partial charge on any atom is -0.224 e. The average molecular weight is 485 g/mol. The molecule has 0 aromatic carbocycles. The molecule has 0 amide bonds. The Bertz CT molecular complexity index is 442. The molecule has 1 heterocycles. The van der Waals surface area contributed by atoms with Crippen LogP contribution in [0.1, 0.15) is 142 Å². The summed E-state index contributed by atoms with van der Waals surface area (Å²) >= 11 is 3.83. The fraction of sp³-hybridized carbons (Fsp3) is 0.889. The molecule has 0 spiro atoms. The molecule has 0 N–H and O–H groups in total.